The van der Waals surface area contributed by atoms with E-state index >= 15 is 0 Å². The summed E-state index contributed by atoms with van der Waals surface area (Å²) in [6, 6.07) is 22.5. The monoisotopic (exact) mass is 508 g/mol. The number of rotatable bonds is 11. The Morgan fingerprint density at radius 1 is 0.895 bits per heavy atom. The maximum absolute atomic E-state index is 12.7. The van der Waals surface area contributed by atoms with E-state index in [1.165, 1.54) is 6.07 Å². The highest BCUT2D eigenvalue weighted by atomic mass is 16.6. The van der Waals surface area contributed by atoms with Gasteiger partial charge in [0.15, 0.2) is 5.78 Å². The number of benzene rings is 3. The Kier molecular flexibility index (Phi) is 9.45. The van der Waals surface area contributed by atoms with Gasteiger partial charge in [-0.25, -0.2) is 0 Å². The molecule has 3 aromatic rings. The highest BCUT2D eigenvalue weighted by Crippen LogP contribution is 2.24. The van der Waals surface area contributed by atoms with Gasteiger partial charge >= 0.3 is 5.97 Å². The first-order valence-electron chi connectivity index (χ1n) is 12.1. The molecular formula is C30H28N4O4. The molecule has 0 saturated heterocycles. The summed E-state index contributed by atoms with van der Waals surface area (Å²) in [6.07, 6.45) is 0.913. The van der Waals surface area contributed by atoms with Crippen molar-refractivity contribution in [2.75, 3.05) is 13.2 Å². The highest BCUT2D eigenvalue weighted by molar-refractivity contribution is 5.97. The van der Waals surface area contributed by atoms with Crippen molar-refractivity contribution < 1.29 is 19.1 Å². The smallest absolute Gasteiger partial charge is 0.311 e. The van der Waals surface area contributed by atoms with Gasteiger partial charge in [-0.05, 0) is 80.4 Å². The lowest BCUT2D eigenvalue weighted by atomic mass is 9.91. The highest BCUT2D eigenvalue weighted by Gasteiger charge is 2.26. The molecule has 38 heavy (non-hydrogen) atoms. The quantitative estimate of drug-likeness (QED) is 0.124. The van der Waals surface area contributed by atoms with Gasteiger partial charge in [-0.1, -0.05) is 19.1 Å². The maximum atomic E-state index is 12.7. The molecule has 0 amide bonds. The van der Waals surface area contributed by atoms with Gasteiger partial charge in [0.1, 0.15) is 30.7 Å². The minimum atomic E-state index is -0.513. The molecule has 0 heterocycles. The van der Waals surface area contributed by atoms with Crippen LogP contribution < -0.4 is 4.74 Å². The molecule has 0 unspecified atom stereocenters. The Bertz CT molecular complexity index is 1400. The standard InChI is InChI=1S/C30H28N4O4/c1-4-30(2,3)29(36)38-16-15-37-26-12-8-23(9-13-26)28(35)18-21-5-10-25(11-6-21)33-34-27-14-7-22(19-31)17-24(27)20-32/h5-14,17H,4,15-16,18H2,1-3H3/b34-33+. The largest absolute Gasteiger partial charge is 0.490 e. The molecule has 192 valence electrons. The Balaban J connectivity index is 1.51. The number of carbonyl (C=O) groups excluding carboxylic acids is 2. The van der Waals surface area contributed by atoms with Crippen molar-refractivity contribution >= 4 is 23.1 Å². The molecule has 0 saturated carbocycles. The van der Waals surface area contributed by atoms with E-state index in [1.54, 1.807) is 60.7 Å². The number of nitrogens with zero attached hydrogens (tertiary/aromatic N) is 4. The third-order valence-corrected chi connectivity index (χ3v) is 6.02. The summed E-state index contributed by atoms with van der Waals surface area (Å²) in [7, 11) is 0. The minimum absolute atomic E-state index is 0.0436. The lowest BCUT2D eigenvalue weighted by Crippen LogP contribution is -2.27. The lowest BCUT2D eigenvalue weighted by molar-refractivity contribution is -0.154. The predicted molar refractivity (Wildman–Crippen MR) is 141 cm³/mol. The zero-order valence-corrected chi connectivity index (χ0v) is 21.6. The van der Waals surface area contributed by atoms with Crippen LogP contribution >= 0.6 is 0 Å². The maximum Gasteiger partial charge on any atom is 0.311 e. The zero-order valence-electron chi connectivity index (χ0n) is 21.6. The van der Waals surface area contributed by atoms with Crippen LogP contribution in [0.1, 0.15) is 54.2 Å². The first-order valence-corrected chi connectivity index (χ1v) is 12.1. The van der Waals surface area contributed by atoms with E-state index in [0.717, 1.165) is 5.56 Å². The van der Waals surface area contributed by atoms with Crippen molar-refractivity contribution in [3.8, 4) is 17.9 Å². The third-order valence-electron chi connectivity index (χ3n) is 6.02. The van der Waals surface area contributed by atoms with Crippen molar-refractivity contribution in [2.45, 2.75) is 33.6 Å². The van der Waals surface area contributed by atoms with Crippen molar-refractivity contribution in [3.63, 3.8) is 0 Å². The van der Waals surface area contributed by atoms with Gasteiger partial charge in [0.05, 0.1) is 28.3 Å². The molecule has 0 fully saturated rings. The molecule has 0 aliphatic rings. The second-order valence-electron chi connectivity index (χ2n) is 9.17. The van der Waals surface area contributed by atoms with Gasteiger partial charge in [0, 0.05) is 12.0 Å². The number of nitriles is 2. The lowest BCUT2D eigenvalue weighted by Gasteiger charge is -2.20. The van der Waals surface area contributed by atoms with Crippen LogP contribution in [-0.4, -0.2) is 25.0 Å². The number of esters is 1. The number of Topliss-reactive ketones (excluding diaryl/α,β-unsaturated/α-hetero) is 1. The van der Waals surface area contributed by atoms with Crippen LogP contribution in [0.15, 0.2) is 77.0 Å². The van der Waals surface area contributed by atoms with E-state index in [2.05, 4.69) is 10.2 Å². The van der Waals surface area contributed by atoms with Gasteiger partial charge in [-0.3, -0.25) is 9.59 Å². The fourth-order valence-corrected chi connectivity index (χ4v) is 3.23. The molecule has 3 aromatic carbocycles. The van der Waals surface area contributed by atoms with Crippen LogP contribution in [0, 0.1) is 28.1 Å². The van der Waals surface area contributed by atoms with Gasteiger partial charge in [-0.15, -0.1) is 5.11 Å². The first kappa shape index (κ1) is 27.8. The number of ketones is 1. The van der Waals surface area contributed by atoms with Crippen LogP contribution in [0.25, 0.3) is 0 Å². The van der Waals surface area contributed by atoms with Crippen molar-refractivity contribution in [3.05, 3.63) is 89.0 Å². The van der Waals surface area contributed by atoms with Crippen LogP contribution in [0.4, 0.5) is 11.4 Å². The Labute approximate surface area is 222 Å². The Morgan fingerprint density at radius 3 is 2.24 bits per heavy atom. The normalized spacial score (nSPS) is 11.0. The number of ether oxygens (including phenoxy) is 2. The van der Waals surface area contributed by atoms with E-state index in [1.807, 2.05) is 32.9 Å². The van der Waals surface area contributed by atoms with Crippen molar-refractivity contribution in [1.29, 1.82) is 10.5 Å². The van der Waals surface area contributed by atoms with Crippen molar-refractivity contribution in [2.24, 2.45) is 15.6 Å². The molecule has 0 bridgehead atoms. The number of hydrogen-bond acceptors (Lipinski definition) is 8. The summed E-state index contributed by atoms with van der Waals surface area (Å²) in [6.45, 7) is 6.01. The average molecular weight is 509 g/mol. The van der Waals surface area contributed by atoms with E-state index in [-0.39, 0.29) is 37.0 Å². The first-order chi connectivity index (χ1) is 18.2. The molecule has 8 nitrogen and oxygen atoms in total. The second kappa shape index (κ2) is 12.9. The van der Waals surface area contributed by atoms with Gasteiger partial charge in [0.25, 0.3) is 0 Å². The Morgan fingerprint density at radius 2 is 1.61 bits per heavy atom. The molecule has 0 atom stereocenters. The molecule has 0 spiro atoms. The van der Waals surface area contributed by atoms with E-state index in [0.29, 0.717) is 34.7 Å². The average Bonchev–Trinajstić information content (AvgIpc) is 2.94. The van der Waals surface area contributed by atoms with E-state index < -0.39 is 5.41 Å². The van der Waals surface area contributed by atoms with Crippen LogP contribution in [-0.2, 0) is 16.0 Å². The number of azo groups is 1. The fourth-order valence-electron chi connectivity index (χ4n) is 3.23. The fraction of sp³-hybridized carbons (Fsp3) is 0.267. The summed E-state index contributed by atoms with van der Waals surface area (Å²) in [5.41, 5.74) is 2.46. The summed E-state index contributed by atoms with van der Waals surface area (Å²) < 4.78 is 10.9. The topological polar surface area (TPSA) is 125 Å². The molecule has 0 aliphatic heterocycles. The van der Waals surface area contributed by atoms with Gasteiger partial charge in [-0.2, -0.15) is 15.6 Å². The van der Waals surface area contributed by atoms with E-state index in [4.69, 9.17) is 14.7 Å². The van der Waals surface area contributed by atoms with Crippen molar-refractivity contribution in [1.82, 2.24) is 0 Å². The molecule has 8 heteroatoms. The molecule has 3 rings (SSSR count). The Hall–Kier alpha value is -4.82. The summed E-state index contributed by atoms with van der Waals surface area (Å²) >= 11 is 0. The SMILES string of the molecule is CCC(C)(C)C(=O)OCCOc1ccc(C(=O)Cc2ccc(/N=N/c3ccc(C#N)cc3C#N)cc2)cc1. The zero-order chi connectivity index (χ0) is 27.5. The van der Waals surface area contributed by atoms with Crippen LogP contribution in [0.2, 0.25) is 0 Å². The molecule has 0 radical (unpaired) electrons. The number of hydrogen-bond donors (Lipinski definition) is 0. The second-order valence-corrected chi connectivity index (χ2v) is 9.17. The van der Waals surface area contributed by atoms with E-state index in [9.17, 15) is 14.9 Å². The van der Waals surface area contributed by atoms with Gasteiger partial charge in [0.2, 0.25) is 0 Å². The minimum Gasteiger partial charge on any atom is -0.490 e. The molecule has 0 aromatic heterocycles. The molecular weight excluding hydrogens is 480 g/mol. The van der Waals surface area contributed by atoms with Gasteiger partial charge < -0.3 is 9.47 Å². The van der Waals surface area contributed by atoms with Crippen LogP contribution in [0.3, 0.4) is 0 Å². The third kappa shape index (κ3) is 7.59. The molecule has 0 N–H and O–H groups in total. The number of carbonyl (C=O) groups is 2. The summed E-state index contributed by atoms with van der Waals surface area (Å²) in [5, 5.41) is 26.5. The predicted octanol–water partition coefficient (Wildman–Crippen LogP) is 6.63. The van der Waals surface area contributed by atoms with Crippen LogP contribution in [0.5, 0.6) is 5.75 Å². The summed E-state index contributed by atoms with van der Waals surface area (Å²) in [5.74, 6) is 0.293. The summed E-state index contributed by atoms with van der Waals surface area (Å²) in [4.78, 5) is 24.7. The molecule has 0 aliphatic carbocycles.